The van der Waals surface area contributed by atoms with Gasteiger partial charge >= 0.3 is 0 Å². The van der Waals surface area contributed by atoms with E-state index in [1.54, 1.807) is 34.9 Å². The maximum absolute atomic E-state index is 12.4. The third-order valence-electron chi connectivity index (χ3n) is 2.98. The number of rotatable bonds is 4. The van der Waals surface area contributed by atoms with Gasteiger partial charge in [0.1, 0.15) is 0 Å². The molecule has 2 aromatic rings. The Bertz CT molecular complexity index is 712. The van der Waals surface area contributed by atoms with Crippen molar-refractivity contribution in [1.82, 2.24) is 10.3 Å². The molecule has 7 heteroatoms. The van der Waals surface area contributed by atoms with Gasteiger partial charge in [0.15, 0.2) is 5.17 Å². The molecule has 4 nitrogen and oxygen atoms in total. The Labute approximate surface area is 141 Å². The molecule has 0 spiro atoms. The standard InChI is InChI=1S/C15H15N3OS3/c1-10-17-11(8-21-10)9-22-13-5-3-2-4-12(13)14(19)18-15-16-6-7-20-15/h2-5,8H,6-7,9H2,1H3,(H,16,18,19). The molecule has 114 valence electrons. The zero-order valence-electron chi connectivity index (χ0n) is 12.0. The number of aliphatic imine (C=N–C) groups is 1. The molecule has 1 aromatic carbocycles. The highest BCUT2D eigenvalue weighted by molar-refractivity contribution is 8.14. The second-order valence-electron chi connectivity index (χ2n) is 4.63. The monoisotopic (exact) mass is 349 g/mol. The molecule has 0 saturated heterocycles. The minimum Gasteiger partial charge on any atom is -0.301 e. The van der Waals surface area contributed by atoms with Crippen molar-refractivity contribution in [3.8, 4) is 0 Å². The minimum absolute atomic E-state index is 0.0919. The summed E-state index contributed by atoms with van der Waals surface area (Å²) in [5, 5.41) is 6.74. The summed E-state index contributed by atoms with van der Waals surface area (Å²) >= 11 is 4.87. The van der Waals surface area contributed by atoms with Gasteiger partial charge in [-0.3, -0.25) is 9.79 Å². The van der Waals surface area contributed by atoms with Crippen molar-refractivity contribution < 1.29 is 4.79 Å². The Morgan fingerprint density at radius 1 is 1.41 bits per heavy atom. The highest BCUT2D eigenvalue weighted by Crippen LogP contribution is 2.27. The van der Waals surface area contributed by atoms with Crippen LogP contribution in [0.25, 0.3) is 0 Å². The fourth-order valence-electron chi connectivity index (χ4n) is 1.98. The van der Waals surface area contributed by atoms with Gasteiger partial charge in [-0.05, 0) is 19.1 Å². The van der Waals surface area contributed by atoms with Gasteiger partial charge in [-0.1, -0.05) is 23.9 Å². The molecule has 3 rings (SSSR count). The Hall–Kier alpha value is -1.31. The average molecular weight is 350 g/mol. The molecule has 22 heavy (non-hydrogen) atoms. The van der Waals surface area contributed by atoms with Crippen molar-refractivity contribution in [2.24, 2.45) is 4.99 Å². The lowest BCUT2D eigenvalue weighted by Gasteiger charge is -2.09. The molecular weight excluding hydrogens is 334 g/mol. The van der Waals surface area contributed by atoms with E-state index in [9.17, 15) is 4.79 Å². The number of carbonyl (C=O) groups is 1. The number of hydrogen-bond donors (Lipinski definition) is 1. The number of aryl methyl sites for hydroxylation is 1. The van der Waals surface area contributed by atoms with Gasteiger partial charge < -0.3 is 5.32 Å². The fraction of sp³-hybridized carbons (Fsp3) is 0.267. The van der Waals surface area contributed by atoms with Crippen molar-refractivity contribution in [3.63, 3.8) is 0 Å². The third kappa shape index (κ3) is 3.91. The molecule has 2 heterocycles. The number of carbonyl (C=O) groups excluding carboxylic acids is 1. The predicted molar refractivity (Wildman–Crippen MR) is 95.1 cm³/mol. The number of thiazole rings is 1. The number of thioether (sulfide) groups is 2. The second kappa shape index (κ2) is 7.30. The maximum atomic E-state index is 12.4. The van der Waals surface area contributed by atoms with E-state index in [1.807, 2.05) is 31.2 Å². The van der Waals surface area contributed by atoms with Gasteiger partial charge in [0, 0.05) is 21.8 Å². The number of hydrogen-bond acceptors (Lipinski definition) is 6. The number of amides is 1. The van der Waals surface area contributed by atoms with E-state index >= 15 is 0 Å². The Morgan fingerprint density at radius 2 is 2.27 bits per heavy atom. The summed E-state index contributed by atoms with van der Waals surface area (Å²) in [5.74, 6) is 1.62. The zero-order valence-corrected chi connectivity index (χ0v) is 14.5. The SMILES string of the molecule is Cc1nc(CSc2ccccc2C(=O)NC2=NCCS2)cs1. The molecular formula is C15H15N3OS3. The van der Waals surface area contributed by atoms with Gasteiger partial charge in [0.2, 0.25) is 0 Å². The molecule has 1 amide bonds. The van der Waals surface area contributed by atoms with E-state index in [2.05, 4.69) is 20.7 Å². The number of aromatic nitrogens is 1. The van der Waals surface area contributed by atoms with Crippen molar-refractivity contribution in [1.29, 1.82) is 0 Å². The molecule has 1 aromatic heterocycles. The zero-order chi connectivity index (χ0) is 15.4. The summed E-state index contributed by atoms with van der Waals surface area (Å²) in [5.41, 5.74) is 1.74. The van der Waals surface area contributed by atoms with E-state index in [1.165, 1.54) is 0 Å². The molecule has 0 radical (unpaired) electrons. The van der Waals surface area contributed by atoms with Gasteiger partial charge in [0.05, 0.1) is 22.8 Å². The molecule has 1 aliphatic rings. The maximum Gasteiger partial charge on any atom is 0.258 e. The molecule has 0 unspecified atom stereocenters. The summed E-state index contributed by atoms with van der Waals surface area (Å²) in [7, 11) is 0. The van der Waals surface area contributed by atoms with Crippen molar-refractivity contribution in [2.45, 2.75) is 17.6 Å². The summed E-state index contributed by atoms with van der Waals surface area (Å²) in [6, 6.07) is 7.66. The van der Waals surface area contributed by atoms with Crippen LogP contribution in [-0.4, -0.2) is 28.4 Å². The lowest BCUT2D eigenvalue weighted by atomic mass is 10.2. The van der Waals surface area contributed by atoms with E-state index in [0.29, 0.717) is 5.56 Å². The van der Waals surface area contributed by atoms with Crippen LogP contribution >= 0.6 is 34.9 Å². The Morgan fingerprint density at radius 3 is 3.00 bits per heavy atom. The number of nitrogens with zero attached hydrogens (tertiary/aromatic N) is 2. The number of amidine groups is 1. The first-order valence-electron chi connectivity index (χ1n) is 6.84. The van der Waals surface area contributed by atoms with Crippen LogP contribution in [0.3, 0.4) is 0 Å². The van der Waals surface area contributed by atoms with E-state index in [0.717, 1.165) is 38.8 Å². The topological polar surface area (TPSA) is 54.4 Å². The summed E-state index contributed by atoms with van der Waals surface area (Å²) in [6.07, 6.45) is 0. The smallest absolute Gasteiger partial charge is 0.258 e. The lowest BCUT2D eigenvalue weighted by molar-refractivity contribution is 0.0975. The van der Waals surface area contributed by atoms with Crippen LogP contribution < -0.4 is 5.32 Å². The number of nitrogens with one attached hydrogen (secondary N) is 1. The van der Waals surface area contributed by atoms with E-state index < -0.39 is 0 Å². The van der Waals surface area contributed by atoms with Crippen LogP contribution in [0.1, 0.15) is 21.1 Å². The predicted octanol–water partition coefficient (Wildman–Crippen LogP) is 3.58. The normalized spacial score (nSPS) is 14.0. The Balaban J connectivity index is 1.70. The second-order valence-corrected chi connectivity index (χ2v) is 7.80. The minimum atomic E-state index is -0.0919. The summed E-state index contributed by atoms with van der Waals surface area (Å²) in [4.78, 5) is 22.1. The van der Waals surface area contributed by atoms with Crippen LogP contribution in [0.5, 0.6) is 0 Å². The van der Waals surface area contributed by atoms with Gasteiger partial charge in [-0.25, -0.2) is 4.98 Å². The largest absolute Gasteiger partial charge is 0.301 e. The van der Waals surface area contributed by atoms with Crippen LogP contribution in [0, 0.1) is 6.92 Å². The molecule has 0 aliphatic carbocycles. The van der Waals surface area contributed by atoms with E-state index in [-0.39, 0.29) is 5.91 Å². The summed E-state index contributed by atoms with van der Waals surface area (Å²) < 4.78 is 0. The molecule has 1 aliphatic heterocycles. The molecule has 0 fully saturated rings. The first-order chi connectivity index (χ1) is 10.7. The molecule has 0 saturated carbocycles. The van der Waals surface area contributed by atoms with Crippen molar-refractivity contribution >= 4 is 45.9 Å². The third-order valence-corrected chi connectivity index (χ3v) is 5.80. The Kier molecular flexibility index (Phi) is 5.17. The highest BCUT2D eigenvalue weighted by Gasteiger charge is 2.15. The molecule has 0 atom stereocenters. The van der Waals surface area contributed by atoms with Crippen LogP contribution in [0.15, 0.2) is 39.5 Å². The van der Waals surface area contributed by atoms with Crippen molar-refractivity contribution in [3.05, 3.63) is 45.9 Å². The molecule has 1 N–H and O–H groups in total. The van der Waals surface area contributed by atoms with Crippen LogP contribution in [0.2, 0.25) is 0 Å². The quantitative estimate of drug-likeness (QED) is 0.857. The van der Waals surface area contributed by atoms with Gasteiger partial charge in [0.25, 0.3) is 5.91 Å². The molecule has 0 bridgehead atoms. The summed E-state index contributed by atoms with van der Waals surface area (Å²) in [6.45, 7) is 2.78. The van der Waals surface area contributed by atoms with Gasteiger partial charge in [-0.2, -0.15) is 0 Å². The van der Waals surface area contributed by atoms with E-state index in [4.69, 9.17) is 0 Å². The first kappa shape index (κ1) is 15.6. The van der Waals surface area contributed by atoms with Crippen LogP contribution in [0.4, 0.5) is 0 Å². The van der Waals surface area contributed by atoms with Crippen molar-refractivity contribution in [2.75, 3.05) is 12.3 Å². The number of benzene rings is 1. The fourth-order valence-corrected chi connectivity index (χ4v) is 4.37. The first-order valence-corrected chi connectivity index (χ1v) is 9.69. The van der Waals surface area contributed by atoms with Crippen LogP contribution in [-0.2, 0) is 5.75 Å². The average Bonchev–Trinajstić information content (AvgIpc) is 3.17. The lowest BCUT2D eigenvalue weighted by Crippen LogP contribution is -2.27. The van der Waals surface area contributed by atoms with Gasteiger partial charge in [-0.15, -0.1) is 23.1 Å². The highest BCUT2D eigenvalue weighted by atomic mass is 32.2.